The van der Waals surface area contributed by atoms with Crippen molar-refractivity contribution in [2.24, 2.45) is 0 Å². The Hall–Kier alpha value is -1.89. The second kappa shape index (κ2) is 4.90. The van der Waals surface area contributed by atoms with Gasteiger partial charge in [0, 0.05) is 5.56 Å². The molecule has 1 nitrogen and oxygen atoms in total. The average Bonchev–Trinajstić information content (AvgIpc) is 2.41. The van der Waals surface area contributed by atoms with Gasteiger partial charge in [0.1, 0.15) is 0 Å². The SMILES string of the molecule is Cc1ccc(C)c(C(=O)C2(c3ccccc3)CCC2)c1. The Labute approximate surface area is 120 Å². The van der Waals surface area contributed by atoms with E-state index < -0.39 is 0 Å². The summed E-state index contributed by atoms with van der Waals surface area (Å²) in [6.07, 6.45) is 3.10. The molecule has 20 heavy (non-hydrogen) atoms. The fourth-order valence-corrected chi connectivity index (χ4v) is 3.17. The highest BCUT2D eigenvalue weighted by atomic mass is 16.1. The van der Waals surface area contributed by atoms with E-state index in [1.54, 1.807) is 0 Å². The monoisotopic (exact) mass is 264 g/mol. The molecule has 0 heterocycles. The van der Waals surface area contributed by atoms with Crippen molar-refractivity contribution in [1.82, 2.24) is 0 Å². The van der Waals surface area contributed by atoms with E-state index in [4.69, 9.17) is 0 Å². The molecule has 0 atom stereocenters. The molecule has 3 rings (SSSR count). The van der Waals surface area contributed by atoms with Crippen LogP contribution in [0.1, 0.15) is 46.3 Å². The molecular weight excluding hydrogens is 244 g/mol. The Morgan fingerprint density at radius 3 is 2.30 bits per heavy atom. The van der Waals surface area contributed by atoms with Crippen LogP contribution >= 0.6 is 0 Å². The van der Waals surface area contributed by atoms with Crippen molar-refractivity contribution >= 4 is 5.78 Å². The minimum absolute atomic E-state index is 0.278. The molecule has 2 aromatic carbocycles. The fourth-order valence-electron chi connectivity index (χ4n) is 3.17. The first-order valence-corrected chi connectivity index (χ1v) is 7.31. The maximum Gasteiger partial charge on any atom is 0.173 e. The van der Waals surface area contributed by atoms with Crippen LogP contribution in [0.25, 0.3) is 0 Å². The second-order valence-electron chi connectivity index (χ2n) is 5.95. The van der Waals surface area contributed by atoms with Crippen LogP contribution in [0.15, 0.2) is 48.5 Å². The summed E-state index contributed by atoms with van der Waals surface area (Å²) in [5.74, 6) is 0.302. The van der Waals surface area contributed by atoms with Gasteiger partial charge in [-0.1, -0.05) is 54.4 Å². The molecule has 0 unspecified atom stereocenters. The van der Waals surface area contributed by atoms with E-state index >= 15 is 0 Å². The third kappa shape index (κ3) is 1.98. The molecular formula is C19H20O. The van der Waals surface area contributed by atoms with Crippen molar-refractivity contribution in [1.29, 1.82) is 0 Å². The molecule has 0 bridgehead atoms. The van der Waals surface area contributed by atoms with Gasteiger partial charge in [-0.25, -0.2) is 0 Å². The van der Waals surface area contributed by atoms with Gasteiger partial charge in [-0.05, 0) is 43.9 Å². The maximum absolute atomic E-state index is 13.1. The number of rotatable bonds is 3. The molecule has 2 aromatic rings. The highest BCUT2D eigenvalue weighted by Gasteiger charge is 2.45. The number of benzene rings is 2. The standard InChI is InChI=1S/C19H20O/c1-14-9-10-15(2)17(13-14)18(20)19(11-6-12-19)16-7-4-3-5-8-16/h3-5,7-10,13H,6,11-12H2,1-2H3. The van der Waals surface area contributed by atoms with E-state index in [9.17, 15) is 4.79 Å². The van der Waals surface area contributed by atoms with Crippen molar-refractivity contribution in [2.45, 2.75) is 38.5 Å². The van der Waals surface area contributed by atoms with Gasteiger partial charge in [0.05, 0.1) is 5.41 Å². The number of carbonyl (C=O) groups excluding carboxylic acids is 1. The topological polar surface area (TPSA) is 17.1 Å². The Morgan fingerprint density at radius 2 is 1.70 bits per heavy atom. The van der Waals surface area contributed by atoms with Crippen LogP contribution in [0.3, 0.4) is 0 Å². The lowest BCUT2D eigenvalue weighted by atomic mass is 9.60. The number of hydrogen-bond acceptors (Lipinski definition) is 1. The van der Waals surface area contributed by atoms with Crippen molar-refractivity contribution in [2.75, 3.05) is 0 Å². The summed E-state index contributed by atoms with van der Waals surface area (Å²) in [5, 5.41) is 0. The zero-order valence-electron chi connectivity index (χ0n) is 12.1. The zero-order valence-corrected chi connectivity index (χ0v) is 12.1. The van der Waals surface area contributed by atoms with Crippen molar-refractivity contribution in [3.05, 3.63) is 70.8 Å². The van der Waals surface area contributed by atoms with Crippen LogP contribution in [0, 0.1) is 13.8 Å². The molecule has 1 aliphatic carbocycles. The zero-order chi connectivity index (χ0) is 14.2. The van der Waals surface area contributed by atoms with E-state index in [1.807, 2.05) is 38.1 Å². The molecule has 0 amide bonds. The number of carbonyl (C=O) groups is 1. The number of ketones is 1. The van der Waals surface area contributed by atoms with Gasteiger partial charge >= 0.3 is 0 Å². The lowest BCUT2D eigenvalue weighted by Crippen LogP contribution is -2.42. The normalized spacial score (nSPS) is 16.5. The van der Waals surface area contributed by atoms with Gasteiger partial charge in [0.2, 0.25) is 0 Å². The summed E-state index contributed by atoms with van der Waals surface area (Å²) < 4.78 is 0. The third-order valence-corrected chi connectivity index (χ3v) is 4.61. The van der Waals surface area contributed by atoms with Crippen molar-refractivity contribution < 1.29 is 4.79 Å². The summed E-state index contributed by atoms with van der Waals surface area (Å²) in [4.78, 5) is 13.1. The molecule has 0 aromatic heterocycles. The molecule has 0 radical (unpaired) electrons. The third-order valence-electron chi connectivity index (χ3n) is 4.61. The van der Waals surface area contributed by atoms with Crippen LogP contribution in [-0.4, -0.2) is 5.78 Å². The largest absolute Gasteiger partial charge is 0.293 e. The summed E-state index contributed by atoms with van der Waals surface area (Å²) in [7, 11) is 0. The molecule has 0 saturated heterocycles. The maximum atomic E-state index is 13.1. The highest BCUT2D eigenvalue weighted by molar-refractivity contribution is 6.05. The smallest absolute Gasteiger partial charge is 0.173 e. The second-order valence-corrected chi connectivity index (χ2v) is 5.95. The molecule has 0 N–H and O–H groups in total. The number of aryl methyl sites for hydroxylation is 2. The first-order valence-electron chi connectivity index (χ1n) is 7.31. The van der Waals surface area contributed by atoms with Crippen molar-refractivity contribution in [3.8, 4) is 0 Å². The number of hydrogen-bond donors (Lipinski definition) is 0. The Morgan fingerprint density at radius 1 is 1.00 bits per heavy atom. The van der Waals surface area contributed by atoms with Gasteiger partial charge < -0.3 is 0 Å². The molecule has 102 valence electrons. The first-order chi connectivity index (χ1) is 9.63. The van der Waals surface area contributed by atoms with Gasteiger partial charge in [0.25, 0.3) is 0 Å². The van der Waals surface area contributed by atoms with E-state index in [0.29, 0.717) is 5.78 Å². The lowest BCUT2D eigenvalue weighted by Gasteiger charge is -2.41. The van der Waals surface area contributed by atoms with Gasteiger partial charge in [-0.2, -0.15) is 0 Å². The predicted molar refractivity (Wildman–Crippen MR) is 82.2 cm³/mol. The van der Waals surface area contributed by atoms with Crippen LogP contribution in [0.4, 0.5) is 0 Å². The van der Waals surface area contributed by atoms with Crippen LogP contribution < -0.4 is 0 Å². The Balaban J connectivity index is 2.06. The first kappa shape index (κ1) is 13.1. The quantitative estimate of drug-likeness (QED) is 0.740. The Bertz CT molecular complexity index is 636. The minimum Gasteiger partial charge on any atom is -0.293 e. The Kier molecular flexibility index (Phi) is 3.21. The summed E-state index contributed by atoms with van der Waals surface area (Å²) >= 11 is 0. The van der Waals surface area contributed by atoms with E-state index in [2.05, 4.69) is 24.3 Å². The van der Waals surface area contributed by atoms with Gasteiger partial charge in [0.15, 0.2) is 5.78 Å². The average molecular weight is 264 g/mol. The molecule has 1 aliphatic rings. The summed E-state index contributed by atoms with van der Waals surface area (Å²) in [6, 6.07) is 16.4. The fraction of sp³-hybridized carbons (Fsp3) is 0.316. The van der Waals surface area contributed by atoms with Crippen molar-refractivity contribution in [3.63, 3.8) is 0 Å². The molecule has 1 fully saturated rings. The van der Waals surface area contributed by atoms with Gasteiger partial charge in [-0.3, -0.25) is 4.79 Å². The van der Waals surface area contributed by atoms with Crippen LogP contribution in [0.2, 0.25) is 0 Å². The lowest BCUT2D eigenvalue weighted by molar-refractivity contribution is 0.0788. The minimum atomic E-state index is -0.278. The molecule has 1 heteroatoms. The van der Waals surface area contributed by atoms with E-state index in [0.717, 1.165) is 36.0 Å². The summed E-state index contributed by atoms with van der Waals surface area (Å²) in [6.45, 7) is 4.08. The predicted octanol–water partition coefficient (Wildman–Crippen LogP) is 4.61. The molecule has 0 aliphatic heterocycles. The van der Waals surface area contributed by atoms with Crippen LogP contribution in [0.5, 0.6) is 0 Å². The molecule has 0 spiro atoms. The highest BCUT2D eigenvalue weighted by Crippen LogP contribution is 2.46. The van der Waals surface area contributed by atoms with Gasteiger partial charge in [-0.15, -0.1) is 0 Å². The van der Waals surface area contributed by atoms with E-state index in [-0.39, 0.29) is 5.41 Å². The van der Waals surface area contributed by atoms with Crippen LogP contribution in [-0.2, 0) is 5.41 Å². The molecule has 1 saturated carbocycles. The number of Topliss-reactive ketones (excluding diaryl/α,β-unsaturated/α-hetero) is 1. The van der Waals surface area contributed by atoms with E-state index in [1.165, 1.54) is 5.56 Å². The summed E-state index contributed by atoms with van der Waals surface area (Å²) in [5.41, 5.74) is 4.04.